The quantitative estimate of drug-likeness (QED) is 0.0518. The Morgan fingerprint density at radius 2 is 1.23 bits per heavy atom. The van der Waals surface area contributed by atoms with Crippen LogP contribution in [0.4, 0.5) is 0 Å². The van der Waals surface area contributed by atoms with Gasteiger partial charge in [0.05, 0.1) is 39.9 Å². The molecule has 3 atom stereocenters. The molecule has 0 fully saturated rings. The number of nitrogens with zero attached hydrogens (tertiary/aromatic N) is 1. The maximum atomic E-state index is 12.3. The highest BCUT2D eigenvalue weighted by Gasteiger charge is 2.28. The fourth-order valence-electron chi connectivity index (χ4n) is 4.50. The lowest BCUT2D eigenvalue weighted by Gasteiger charge is -2.26. The fourth-order valence-corrected chi connectivity index (χ4v) is 5.24. The lowest BCUT2D eigenvalue weighted by Crippen LogP contribution is -2.46. The highest BCUT2D eigenvalue weighted by atomic mass is 31.2. The molecule has 39 heavy (non-hydrogen) atoms. The number of quaternary nitrogens is 1. The second-order valence-corrected chi connectivity index (χ2v) is 13.6. The van der Waals surface area contributed by atoms with Gasteiger partial charge < -0.3 is 19.8 Å². The van der Waals surface area contributed by atoms with Gasteiger partial charge in [-0.05, 0) is 12.8 Å². The van der Waals surface area contributed by atoms with Crippen LogP contribution in [0.3, 0.4) is 0 Å². The number of phosphoric acid groups is 1. The molecule has 3 N–H and O–H groups in total. The molecule has 0 aliphatic rings. The summed E-state index contributed by atoms with van der Waals surface area (Å²) in [5.41, 5.74) is 0. The molecule has 0 aromatic carbocycles. The molecular formula is C30H64N2O6P+. The SMILES string of the molecule is CCCCCCCCCCCCCCCCCCC(O)C(COP(=O)(O)OCC[N+](C)(C)C)NC(=O)CCC. The van der Waals surface area contributed by atoms with Gasteiger partial charge in [0.1, 0.15) is 13.2 Å². The van der Waals surface area contributed by atoms with Crippen molar-refractivity contribution in [2.24, 2.45) is 0 Å². The highest BCUT2D eigenvalue weighted by Crippen LogP contribution is 2.43. The number of unbranched alkanes of at least 4 members (excludes halogenated alkanes) is 15. The van der Waals surface area contributed by atoms with Crippen molar-refractivity contribution in [1.82, 2.24) is 5.32 Å². The Morgan fingerprint density at radius 3 is 1.67 bits per heavy atom. The minimum atomic E-state index is -4.27. The number of hydrogen-bond donors (Lipinski definition) is 3. The second kappa shape index (κ2) is 24.1. The molecule has 0 saturated heterocycles. The van der Waals surface area contributed by atoms with E-state index in [9.17, 15) is 19.4 Å². The number of likely N-dealkylation sites (N-methyl/N-ethyl adjacent to an activating group) is 1. The van der Waals surface area contributed by atoms with Crippen LogP contribution in [0, 0.1) is 0 Å². The van der Waals surface area contributed by atoms with Crippen molar-refractivity contribution in [3.8, 4) is 0 Å². The van der Waals surface area contributed by atoms with Crippen LogP contribution < -0.4 is 5.32 Å². The Morgan fingerprint density at radius 1 is 0.769 bits per heavy atom. The number of nitrogens with one attached hydrogen (secondary N) is 1. The Hall–Kier alpha value is -0.500. The van der Waals surface area contributed by atoms with Gasteiger partial charge in [-0.2, -0.15) is 0 Å². The first-order valence-corrected chi connectivity index (χ1v) is 17.4. The first-order valence-electron chi connectivity index (χ1n) is 15.9. The van der Waals surface area contributed by atoms with E-state index in [1.807, 2.05) is 28.1 Å². The Balaban J connectivity index is 4.09. The highest BCUT2D eigenvalue weighted by molar-refractivity contribution is 7.47. The molecule has 0 aliphatic heterocycles. The minimum Gasteiger partial charge on any atom is -0.391 e. The van der Waals surface area contributed by atoms with Crippen molar-refractivity contribution in [3.05, 3.63) is 0 Å². The molecule has 0 heterocycles. The standard InChI is InChI=1S/C30H63N2O6P/c1-6-8-9-10-11-12-13-14-15-16-17-18-19-20-21-22-24-29(33)28(31-30(34)23-7-2)27-38-39(35,36)37-26-25-32(3,4)5/h28-29,33H,6-27H2,1-5H3,(H-,31,34,35,36)/p+1. The van der Waals surface area contributed by atoms with Crippen LogP contribution in [0.5, 0.6) is 0 Å². The van der Waals surface area contributed by atoms with E-state index in [1.54, 1.807) is 0 Å². The van der Waals surface area contributed by atoms with Crippen molar-refractivity contribution in [2.75, 3.05) is 40.9 Å². The number of carbonyl (C=O) groups is 1. The van der Waals surface area contributed by atoms with Crippen LogP contribution >= 0.6 is 7.82 Å². The number of carbonyl (C=O) groups excluding carboxylic acids is 1. The van der Waals surface area contributed by atoms with Gasteiger partial charge in [0.15, 0.2) is 0 Å². The molecule has 0 aromatic rings. The number of aliphatic hydroxyl groups is 1. The van der Waals surface area contributed by atoms with E-state index in [0.717, 1.165) is 19.3 Å². The first-order chi connectivity index (χ1) is 18.5. The van der Waals surface area contributed by atoms with E-state index in [2.05, 4.69) is 12.2 Å². The average molecular weight is 580 g/mol. The third-order valence-electron chi connectivity index (χ3n) is 7.08. The molecule has 9 heteroatoms. The molecule has 234 valence electrons. The van der Waals surface area contributed by atoms with E-state index in [-0.39, 0.29) is 19.1 Å². The number of rotatable bonds is 28. The molecule has 0 aromatic heterocycles. The van der Waals surface area contributed by atoms with Gasteiger partial charge in [-0.1, -0.05) is 117 Å². The summed E-state index contributed by atoms with van der Waals surface area (Å²) in [7, 11) is 1.61. The molecule has 0 bridgehead atoms. The largest absolute Gasteiger partial charge is 0.472 e. The molecule has 1 amide bonds. The fraction of sp³-hybridized carbons (Fsp3) is 0.967. The molecule has 3 unspecified atom stereocenters. The van der Waals surface area contributed by atoms with Crippen LogP contribution in [0.15, 0.2) is 0 Å². The van der Waals surface area contributed by atoms with Gasteiger partial charge in [-0.25, -0.2) is 4.57 Å². The Bertz CT molecular complexity index is 629. The number of phosphoric ester groups is 1. The van der Waals surface area contributed by atoms with E-state index < -0.39 is 20.0 Å². The van der Waals surface area contributed by atoms with E-state index in [4.69, 9.17) is 9.05 Å². The summed E-state index contributed by atoms with van der Waals surface area (Å²) in [5.74, 6) is -0.198. The third kappa shape index (κ3) is 26.2. The van der Waals surface area contributed by atoms with Crippen molar-refractivity contribution in [2.45, 2.75) is 148 Å². The molecular weight excluding hydrogens is 515 g/mol. The van der Waals surface area contributed by atoms with Crippen LogP contribution in [-0.4, -0.2) is 73.4 Å². The monoisotopic (exact) mass is 579 g/mol. The topological polar surface area (TPSA) is 105 Å². The van der Waals surface area contributed by atoms with Crippen molar-refractivity contribution in [3.63, 3.8) is 0 Å². The lowest BCUT2D eigenvalue weighted by atomic mass is 10.0. The molecule has 0 rings (SSSR count). The van der Waals surface area contributed by atoms with Crippen LogP contribution in [0.25, 0.3) is 0 Å². The smallest absolute Gasteiger partial charge is 0.391 e. The molecule has 0 spiro atoms. The van der Waals surface area contributed by atoms with Gasteiger partial charge in [0.25, 0.3) is 0 Å². The first kappa shape index (κ1) is 38.5. The van der Waals surface area contributed by atoms with Crippen LogP contribution in [0.1, 0.15) is 136 Å². The van der Waals surface area contributed by atoms with Crippen LogP contribution in [0.2, 0.25) is 0 Å². The summed E-state index contributed by atoms with van der Waals surface area (Å²) >= 11 is 0. The normalized spacial score (nSPS) is 15.2. The van der Waals surface area contributed by atoms with E-state index in [0.29, 0.717) is 30.3 Å². The van der Waals surface area contributed by atoms with Gasteiger partial charge in [-0.15, -0.1) is 0 Å². The lowest BCUT2D eigenvalue weighted by molar-refractivity contribution is -0.870. The van der Waals surface area contributed by atoms with Gasteiger partial charge >= 0.3 is 7.82 Å². The Labute approximate surface area is 240 Å². The zero-order valence-corrected chi connectivity index (χ0v) is 27.0. The van der Waals surface area contributed by atoms with Crippen molar-refractivity contribution in [1.29, 1.82) is 0 Å². The molecule has 0 saturated carbocycles. The summed E-state index contributed by atoms with van der Waals surface area (Å²) in [5, 5.41) is 13.5. The van der Waals surface area contributed by atoms with Gasteiger partial charge in [0, 0.05) is 6.42 Å². The molecule has 0 radical (unpaired) electrons. The zero-order chi connectivity index (χ0) is 29.4. The number of hydrogen-bond acceptors (Lipinski definition) is 5. The maximum Gasteiger partial charge on any atom is 0.472 e. The summed E-state index contributed by atoms with van der Waals surface area (Å²) in [4.78, 5) is 22.2. The number of amides is 1. The summed E-state index contributed by atoms with van der Waals surface area (Å²) < 4.78 is 23.1. The second-order valence-electron chi connectivity index (χ2n) is 12.2. The van der Waals surface area contributed by atoms with Gasteiger partial charge in [0.2, 0.25) is 5.91 Å². The third-order valence-corrected chi connectivity index (χ3v) is 8.06. The predicted octanol–water partition coefficient (Wildman–Crippen LogP) is 7.12. The van der Waals surface area contributed by atoms with Gasteiger partial charge in [-0.3, -0.25) is 13.8 Å². The van der Waals surface area contributed by atoms with E-state index >= 15 is 0 Å². The van der Waals surface area contributed by atoms with Crippen molar-refractivity contribution < 1.29 is 32.9 Å². The summed E-state index contributed by atoms with van der Waals surface area (Å²) in [6.07, 6.45) is 21.2. The van der Waals surface area contributed by atoms with Crippen molar-refractivity contribution >= 4 is 13.7 Å². The summed E-state index contributed by atoms with van der Waals surface area (Å²) in [6.45, 7) is 4.52. The zero-order valence-electron chi connectivity index (χ0n) is 26.1. The predicted molar refractivity (Wildman–Crippen MR) is 162 cm³/mol. The summed E-state index contributed by atoms with van der Waals surface area (Å²) in [6, 6.07) is -0.747. The maximum absolute atomic E-state index is 12.3. The van der Waals surface area contributed by atoms with Crippen LogP contribution in [-0.2, 0) is 18.4 Å². The Kier molecular flexibility index (Phi) is 23.8. The van der Waals surface area contributed by atoms with E-state index in [1.165, 1.54) is 83.5 Å². The minimum absolute atomic E-state index is 0.0753. The molecule has 8 nitrogen and oxygen atoms in total. The molecule has 0 aliphatic carbocycles. The average Bonchev–Trinajstić information content (AvgIpc) is 2.85. The number of aliphatic hydroxyl groups excluding tert-OH is 1.